The van der Waals surface area contributed by atoms with E-state index in [1.54, 1.807) is 0 Å². The topological polar surface area (TPSA) is 108 Å². The van der Waals surface area contributed by atoms with E-state index in [9.17, 15) is 19.4 Å². The minimum atomic E-state index is -4.58. The van der Waals surface area contributed by atoms with Crippen LogP contribution < -0.4 is 10.2 Å². The number of rotatable bonds is 63. The van der Waals surface area contributed by atoms with Crippen molar-refractivity contribution in [3.05, 3.63) is 60.8 Å². The lowest BCUT2D eigenvalue weighted by Gasteiger charge is -2.30. The van der Waals surface area contributed by atoms with Crippen LogP contribution in [0.3, 0.4) is 0 Å². The summed E-state index contributed by atoms with van der Waals surface area (Å²) in [7, 11) is 1.32. The van der Waals surface area contributed by atoms with Crippen molar-refractivity contribution in [2.24, 2.45) is 0 Å². The Labute approximate surface area is 492 Å². The van der Waals surface area contributed by atoms with E-state index < -0.39 is 20.0 Å². The smallest absolute Gasteiger partial charge is 0.268 e. The van der Waals surface area contributed by atoms with Gasteiger partial charge in [0.1, 0.15) is 13.2 Å². The molecule has 0 aliphatic carbocycles. The van der Waals surface area contributed by atoms with Crippen LogP contribution in [0.4, 0.5) is 0 Å². The second-order valence-corrected chi connectivity index (χ2v) is 25.9. The van der Waals surface area contributed by atoms with Crippen molar-refractivity contribution in [3.8, 4) is 0 Å². The van der Waals surface area contributed by atoms with Crippen molar-refractivity contribution in [1.29, 1.82) is 0 Å². The number of carbonyl (C=O) groups excluding carboxylic acids is 1. The Morgan fingerprint density at radius 1 is 0.456 bits per heavy atom. The van der Waals surface area contributed by atoms with Crippen molar-refractivity contribution in [1.82, 2.24) is 5.32 Å². The molecule has 0 bridgehead atoms. The van der Waals surface area contributed by atoms with E-state index in [2.05, 4.69) is 79.9 Å². The lowest BCUT2D eigenvalue weighted by Crippen LogP contribution is -2.46. The lowest BCUT2D eigenvalue weighted by molar-refractivity contribution is -0.870. The summed E-state index contributed by atoms with van der Waals surface area (Å²) in [5, 5.41) is 14.1. The summed E-state index contributed by atoms with van der Waals surface area (Å²) in [5.41, 5.74) is 0. The number of quaternary nitrogens is 1. The highest BCUT2D eigenvalue weighted by Crippen LogP contribution is 2.38. The van der Waals surface area contributed by atoms with Gasteiger partial charge in [-0.05, 0) is 57.8 Å². The van der Waals surface area contributed by atoms with E-state index in [4.69, 9.17) is 9.05 Å². The fourth-order valence-electron chi connectivity index (χ4n) is 10.2. The molecule has 9 heteroatoms. The summed E-state index contributed by atoms with van der Waals surface area (Å²) < 4.78 is 23.5. The quantitative estimate of drug-likeness (QED) is 0.0272. The number of nitrogens with one attached hydrogen (secondary N) is 1. The molecule has 0 rings (SSSR count). The van der Waals surface area contributed by atoms with Gasteiger partial charge in [-0.1, -0.05) is 325 Å². The van der Waals surface area contributed by atoms with E-state index >= 15 is 0 Å². The van der Waals surface area contributed by atoms with Crippen LogP contribution in [0, 0.1) is 0 Å². The Balaban J connectivity index is 3.92. The molecule has 0 aromatic rings. The SMILES string of the molecule is CC/C=C\C/C=C\C/C=C\C/C=C\C/C=C\CCCCCCCCCCCCCCCCCCCCCCCCCC(=O)NC(COP(=O)([O-])OCC[N+](C)(C)C)C(O)CCCCCCCCCCCCCCCCCCCC. The maximum atomic E-state index is 13.0. The van der Waals surface area contributed by atoms with E-state index in [1.807, 2.05) is 21.1 Å². The van der Waals surface area contributed by atoms with Gasteiger partial charge in [-0.3, -0.25) is 9.36 Å². The third-order valence-corrected chi connectivity index (χ3v) is 16.5. The first-order chi connectivity index (χ1) is 38.5. The first kappa shape index (κ1) is 77.2. The predicted octanol–water partition coefficient (Wildman–Crippen LogP) is 21.0. The van der Waals surface area contributed by atoms with Crippen molar-refractivity contribution >= 4 is 13.7 Å². The number of phosphoric acid groups is 1. The third kappa shape index (κ3) is 63.6. The van der Waals surface area contributed by atoms with Gasteiger partial charge in [0.15, 0.2) is 0 Å². The molecule has 8 nitrogen and oxygen atoms in total. The average Bonchev–Trinajstić information content (AvgIpc) is 3.42. The van der Waals surface area contributed by atoms with Gasteiger partial charge in [0.05, 0.1) is 39.9 Å². The number of carbonyl (C=O) groups is 1. The molecule has 79 heavy (non-hydrogen) atoms. The molecule has 1 amide bonds. The number of hydrogen-bond donors (Lipinski definition) is 2. The molecule has 0 aliphatic rings. The lowest BCUT2D eigenvalue weighted by atomic mass is 10.0. The number of amides is 1. The second kappa shape index (κ2) is 60.8. The molecule has 0 saturated heterocycles. The molecule has 0 aliphatic heterocycles. The van der Waals surface area contributed by atoms with Crippen molar-refractivity contribution < 1.29 is 32.9 Å². The Kier molecular flexibility index (Phi) is 59.4. The fourth-order valence-corrected chi connectivity index (χ4v) is 11.0. The Bertz CT molecular complexity index is 1470. The van der Waals surface area contributed by atoms with Crippen LogP contribution in [-0.2, 0) is 18.4 Å². The van der Waals surface area contributed by atoms with Crippen LogP contribution >= 0.6 is 7.82 Å². The minimum absolute atomic E-state index is 0.0137. The molecule has 3 atom stereocenters. The van der Waals surface area contributed by atoms with Gasteiger partial charge in [-0.15, -0.1) is 0 Å². The molecule has 0 spiro atoms. The molecule has 0 aromatic carbocycles. The van der Waals surface area contributed by atoms with E-state index in [1.165, 1.54) is 231 Å². The summed E-state index contributed by atoms with van der Waals surface area (Å²) in [4.78, 5) is 25.6. The van der Waals surface area contributed by atoms with Crippen molar-refractivity contribution in [3.63, 3.8) is 0 Å². The highest BCUT2D eigenvalue weighted by Gasteiger charge is 2.24. The second-order valence-electron chi connectivity index (χ2n) is 24.5. The number of hydrogen-bond acceptors (Lipinski definition) is 6. The summed E-state index contributed by atoms with van der Waals surface area (Å²) in [5.74, 6) is -0.159. The van der Waals surface area contributed by atoms with E-state index in [0.717, 1.165) is 70.6 Å². The highest BCUT2D eigenvalue weighted by atomic mass is 31.2. The molecule has 0 saturated carbocycles. The highest BCUT2D eigenvalue weighted by molar-refractivity contribution is 7.45. The number of aliphatic hydroxyl groups is 1. The molecule has 0 heterocycles. The number of unbranched alkanes of at least 4 members (excludes halogenated alkanes) is 40. The maximum Gasteiger partial charge on any atom is 0.268 e. The van der Waals surface area contributed by atoms with Gasteiger partial charge < -0.3 is 28.8 Å². The summed E-state index contributed by atoms with van der Waals surface area (Å²) in [6, 6.07) is -0.800. The number of nitrogens with zero attached hydrogens (tertiary/aromatic N) is 1. The van der Waals surface area contributed by atoms with Crippen LogP contribution in [0.2, 0.25) is 0 Å². The van der Waals surface area contributed by atoms with Crippen LogP contribution in [0.5, 0.6) is 0 Å². The molecule has 2 N–H and O–H groups in total. The molecule has 0 radical (unpaired) electrons. The maximum absolute atomic E-state index is 13.0. The number of aliphatic hydroxyl groups excluding tert-OH is 1. The van der Waals surface area contributed by atoms with E-state index in [-0.39, 0.29) is 19.1 Å². The van der Waals surface area contributed by atoms with Crippen LogP contribution in [-0.4, -0.2) is 68.5 Å². The summed E-state index contributed by atoms with van der Waals surface area (Å²) in [6.07, 6.45) is 83.0. The van der Waals surface area contributed by atoms with Gasteiger partial charge in [-0.25, -0.2) is 0 Å². The van der Waals surface area contributed by atoms with Gasteiger partial charge in [-0.2, -0.15) is 0 Å². The molecular weight excluding hydrogens is 996 g/mol. The zero-order chi connectivity index (χ0) is 57.7. The molecule has 3 unspecified atom stereocenters. The number of likely N-dealkylation sites (N-methyl/N-ethyl adjacent to an activating group) is 1. The van der Waals surface area contributed by atoms with Gasteiger partial charge in [0, 0.05) is 6.42 Å². The molecule has 0 fully saturated rings. The van der Waals surface area contributed by atoms with E-state index in [0.29, 0.717) is 23.9 Å². The summed E-state index contributed by atoms with van der Waals surface area (Å²) >= 11 is 0. The van der Waals surface area contributed by atoms with Crippen LogP contribution in [0.1, 0.15) is 328 Å². The third-order valence-electron chi connectivity index (χ3n) is 15.5. The normalized spacial score (nSPS) is 14.1. The van der Waals surface area contributed by atoms with Gasteiger partial charge in [0.2, 0.25) is 5.91 Å². The Morgan fingerprint density at radius 2 is 0.772 bits per heavy atom. The fraction of sp³-hybridized carbons (Fsp3) is 0.843. The largest absolute Gasteiger partial charge is 0.756 e. The average molecular weight is 1130 g/mol. The zero-order valence-corrected chi connectivity index (χ0v) is 54.0. The van der Waals surface area contributed by atoms with Crippen LogP contribution in [0.25, 0.3) is 0 Å². The van der Waals surface area contributed by atoms with Crippen molar-refractivity contribution in [2.45, 2.75) is 341 Å². The number of phosphoric ester groups is 1. The monoisotopic (exact) mass is 1130 g/mol. The Hall–Kier alpha value is -1.80. The standard InChI is InChI=1S/C70H133N2O6P/c1-6-8-10-12-14-16-18-20-22-24-26-27-28-29-30-31-32-33-34-35-36-37-38-39-40-41-42-43-44-45-46-48-50-52-54-56-58-60-62-64-70(74)71-68(67-78-79(75,76)77-66-65-72(3,4)5)69(73)63-61-59-57-55-53-51-49-47-25-23-21-19-17-15-13-11-9-7-2/h8,10,14,16,20,22,26-27,29-30,68-69,73H,6-7,9,11-13,15,17-19,21,23-25,28,31-67H2,1-5H3,(H-,71,74,75,76)/b10-8-,16-14-,22-20-,27-26-,30-29-. The Morgan fingerprint density at radius 3 is 1.13 bits per heavy atom. The molecule has 0 aromatic heterocycles. The summed E-state index contributed by atoms with van der Waals surface area (Å²) in [6.45, 7) is 4.65. The first-order valence-electron chi connectivity index (χ1n) is 34.1. The molecular formula is C70H133N2O6P. The first-order valence-corrected chi connectivity index (χ1v) is 35.6. The van der Waals surface area contributed by atoms with Crippen molar-refractivity contribution in [2.75, 3.05) is 40.9 Å². The van der Waals surface area contributed by atoms with Crippen LogP contribution in [0.15, 0.2) is 60.8 Å². The van der Waals surface area contributed by atoms with Gasteiger partial charge >= 0.3 is 0 Å². The van der Waals surface area contributed by atoms with Gasteiger partial charge in [0.25, 0.3) is 7.82 Å². The zero-order valence-electron chi connectivity index (χ0n) is 53.1. The number of allylic oxidation sites excluding steroid dienone is 10. The molecule has 464 valence electrons. The minimum Gasteiger partial charge on any atom is -0.756 e. The predicted molar refractivity (Wildman–Crippen MR) is 344 cm³/mol.